The van der Waals surface area contributed by atoms with E-state index in [1.165, 1.54) is 0 Å². The Balaban J connectivity index is 2.82. The van der Waals surface area contributed by atoms with E-state index in [2.05, 4.69) is 15.9 Å². The summed E-state index contributed by atoms with van der Waals surface area (Å²) in [4.78, 5) is 11.4. The quantitative estimate of drug-likeness (QED) is 0.785. The highest BCUT2D eigenvalue weighted by Gasteiger charge is 2.05. The average molecular weight is 269 g/mol. The molecule has 80 valence electrons. The molecule has 0 aliphatic carbocycles. The van der Waals surface area contributed by atoms with Gasteiger partial charge in [-0.3, -0.25) is 4.79 Å². The molecule has 2 nitrogen and oxygen atoms in total. The molecule has 3 heteroatoms. The van der Waals surface area contributed by atoms with E-state index in [0.29, 0.717) is 6.42 Å². The van der Waals surface area contributed by atoms with Gasteiger partial charge in [-0.25, -0.2) is 0 Å². The number of carbonyl (C=O) groups excluding carboxylic acids is 1. The molecule has 0 aliphatic rings. The Morgan fingerprint density at radius 1 is 1.53 bits per heavy atom. The Labute approximate surface area is 98.1 Å². The van der Waals surface area contributed by atoms with Crippen LogP contribution in [0.5, 0.6) is 5.75 Å². The molecule has 1 aromatic rings. The fraction of sp³-hybridized carbons (Fsp3) is 0.250. The van der Waals surface area contributed by atoms with Gasteiger partial charge in [0.25, 0.3) is 0 Å². The summed E-state index contributed by atoms with van der Waals surface area (Å²) in [5.41, 5.74) is 0.971. The maximum Gasteiger partial charge on any atom is 0.159 e. The van der Waals surface area contributed by atoms with Gasteiger partial charge >= 0.3 is 0 Å². The topological polar surface area (TPSA) is 26.3 Å². The molecule has 0 fully saturated rings. The van der Waals surface area contributed by atoms with E-state index in [9.17, 15) is 4.79 Å². The Morgan fingerprint density at radius 3 is 2.80 bits per heavy atom. The Bertz CT molecular complexity index is 383. The number of benzene rings is 1. The summed E-state index contributed by atoms with van der Waals surface area (Å²) in [6.45, 7) is 1.83. The van der Waals surface area contributed by atoms with Gasteiger partial charge in [-0.2, -0.15) is 0 Å². The van der Waals surface area contributed by atoms with Crippen LogP contribution in [0.2, 0.25) is 0 Å². The highest BCUT2D eigenvalue weighted by Crippen LogP contribution is 2.23. The summed E-state index contributed by atoms with van der Waals surface area (Å²) in [6, 6.07) is 5.60. The van der Waals surface area contributed by atoms with Crippen molar-refractivity contribution in [2.75, 3.05) is 7.11 Å². The van der Waals surface area contributed by atoms with E-state index in [1.807, 2.05) is 25.1 Å². The molecule has 0 saturated heterocycles. The van der Waals surface area contributed by atoms with Crippen LogP contribution in [0.25, 0.3) is 0 Å². The zero-order chi connectivity index (χ0) is 11.3. The summed E-state index contributed by atoms with van der Waals surface area (Å²) in [5.74, 6) is 0.882. The lowest BCUT2D eigenvalue weighted by Gasteiger charge is -2.04. The first-order valence-corrected chi connectivity index (χ1v) is 5.44. The Kier molecular flexibility index (Phi) is 4.56. The number of rotatable bonds is 4. The molecule has 15 heavy (non-hydrogen) atoms. The minimum absolute atomic E-state index is 0.100. The summed E-state index contributed by atoms with van der Waals surface area (Å²) >= 11 is 3.41. The van der Waals surface area contributed by atoms with Crippen molar-refractivity contribution in [2.45, 2.75) is 13.3 Å². The van der Waals surface area contributed by atoms with Gasteiger partial charge in [-0.15, -0.1) is 0 Å². The average Bonchev–Trinajstić information content (AvgIpc) is 2.21. The lowest BCUT2D eigenvalue weighted by molar-refractivity contribution is -0.114. The van der Waals surface area contributed by atoms with Gasteiger partial charge in [0, 0.05) is 10.9 Å². The minimum Gasteiger partial charge on any atom is -0.497 e. The van der Waals surface area contributed by atoms with Crippen LogP contribution in [0.3, 0.4) is 0 Å². The third-order valence-corrected chi connectivity index (χ3v) is 2.72. The molecule has 0 amide bonds. The molecule has 1 rings (SSSR count). The third-order valence-electron chi connectivity index (χ3n) is 1.98. The zero-order valence-corrected chi connectivity index (χ0v) is 10.4. The van der Waals surface area contributed by atoms with Crippen LogP contribution in [0, 0.1) is 0 Å². The van der Waals surface area contributed by atoms with E-state index < -0.39 is 0 Å². The van der Waals surface area contributed by atoms with E-state index >= 15 is 0 Å². The standard InChI is InChI=1S/C12H13BrO2/c1-3-4-10(14)7-9-5-6-11(15-2)8-12(9)13/h3-6,8H,7H2,1-2H3/b4-3-. The molecule has 1 aromatic carbocycles. The molecule has 0 N–H and O–H groups in total. The van der Waals surface area contributed by atoms with Crippen molar-refractivity contribution in [2.24, 2.45) is 0 Å². The van der Waals surface area contributed by atoms with Crippen LogP contribution < -0.4 is 4.74 Å². The molecule has 0 aliphatic heterocycles. The maximum atomic E-state index is 11.4. The molecule has 0 radical (unpaired) electrons. The highest BCUT2D eigenvalue weighted by atomic mass is 79.9. The predicted molar refractivity (Wildman–Crippen MR) is 64.2 cm³/mol. The van der Waals surface area contributed by atoms with Gasteiger partial charge in [0.05, 0.1) is 7.11 Å². The number of hydrogen-bond acceptors (Lipinski definition) is 2. The van der Waals surface area contributed by atoms with Crippen molar-refractivity contribution in [3.05, 3.63) is 40.4 Å². The summed E-state index contributed by atoms with van der Waals surface area (Å²) < 4.78 is 5.98. The molecular formula is C12H13BrO2. The van der Waals surface area contributed by atoms with Gasteiger partial charge in [0.2, 0.25) is 0 Å². The molecule has 0 spiro atoms. The lowest BCUT2D eigenvalue weighted by atomic mass is 10.1. The Morgan fingerprint density at radius 2 is 2.27 bits per heavy atom. The normalized spacial score (nSPS) is 10.6. The van der Waals surface area contributed by atoms with Crippen molar-refractivity contribution in [3.63, 3.8) is 0 Å². The van der Waals surface area contributed by atoms with Crippen LogP contribution in [-0.2, 0) is 11.2 Å². The van der Waals surface area contributed by atoms with Crippen molar-refractivity contribution >= 4 is 21.7 Å². The number of methoxy groups -OCH3 is 1. The van der Waals surface area contributed by atoms with Crippen LogP contribution in [0.15, 0.2) is 34.8 Å². The van der Waals surface area contributed by atoms with E-state index in [-0.39, 0.29) is 5.78 Å². The number of allylic oxidation sites excluding steroid dienone is 2. The molecule has 0 saturated carbocycles. The van der Waals surface area contributed by atoms with Crippen molar-refractivity contribution in [1.29, 1.82) is 0 Å². The first-order chi connectivity index (χ1) is 7.17. The number of halogens is 1. The van der Waals surface area contributed by atoms with Crippen molar-refractivity contribution in [1.82, 2.24) is 0 Å². The molecule has 0 atom stereocenters. The van der Waals surface area contributed by atoms with Crippen LogP contribution in [-0.4, -0.2) is 12.9 Å². The van der Waals surface area contributed by atoms with Crippen LogP contribution in [0.1, 0.15) is 12.5 Å². The monoisotopic (exact) mass is 268 g/mol. The molecule has 0 heterocycles. The predicted octanol–water partition coefficient (Wildman–Crippen LogP) is 3.15. The molecule has 0 bridgehead atoms. The molecule has 0 aromatic heterocycles. The fourth-order valence-electron chi connectivity index (χ4n) is 1.23. The van der Waals surface area contributed by atoms with Gasteiger partial charge in [-0.1, -0.05) is 28.1 Å². The summed E-state index contributed by atoms with van der Waals surface area (Å²) in [7, 11) is 1.62. The van der Waals surface area contributed by atoms with E-state index in [4.69, 9.17) is 4.74 Å². The fourth-order valence-corrected chi connectivity index (χ4v) is 1.73. The van der Waals surface area contributed by atoms with Gasteiger partial charge in [0.1, 0.15) is 5.75 Å². The summed E-state index contributed by atoms with van der Waals surface area (Å²) in [6.07, 6.45) is 3.74. The first-order valence-electron chi connectivity index (χ1n) is 4.65. The zero-order valence-electron chi connectivity index (χ0n) is 8.79. The van der Waals surface area contributed by atoms with Gasteiger partial charge in [-0.05, 0) is 30.7 Å². The number of hydrogen-bond donors (Lipinski definition) is 0. The maximum absolute atomic E-state index is 11.4. The molecular weight excluding hydrogens is 256 g/mol. The largest absolute Gasteiger partial charge is 0.497 e. The Hall–Kier alpha value is -1.09. The van der Waals surface area contributed by atoms with Crippen molar-refractivity contribution in [3.8, 4) is 5.75 Å². The second-order valence-corrected chi connectivity index (χ2v) is 3.95. The lowest BCUT2D eigenvalue weighted by Crippen LogP contribution is -1.99. The SMILES string of the molecule is C/C=C\C(=O)Cc1ccc(OC)cc1Br. The number of carbonyl (C=O) groups is 1. The van der Waals surface area contributed by atoms with Gasteiger partial charge in [0.15, 0.2) is 5.78 Å². The van der Waals surface area contributed by atoms with Gasteiger partial charge < -0.3 is 4.74 Å². The van der Waals surface area contributed by atoms with E-state index in [1.54, 1.807) is 19.3 Å². The first kappa shape index (κ1) is 12.0. The van der Waals surface area contributed by atoms with E-state index in [0.717, 1.165) is 15.8 Å². The van der Waals surface area contributed by atoms with Crippen LogP contribution in [0.4, 0.5) is 0 Å². The third kappa shape index (κ3) is 3.51. The highest BCUT2D eigenvalue weighted by molar-refractivity contribution is 9.10. The molecule has 0 unspecified atom stereocenters. The summed E-state index contributed by atoms with van der Waals surface area (Å²) in [5, 5.41) is 0. The number of ether oxygens (including phenoxy) is 1. The number of ketones is 1. The second kappa shape index (κ2) is 5.71. The second-order valence-electron chi connectivity index (χ2n) is 3.10. The minimum atomic E-state index is 0.100. The smallest absolute Gasteiger partial charge is 0.159 e. The van der Waals surface area contributed by atoms with Crippen molar-refractivity contribution < 1.29 is 9.53 Å². The van der Waals surface area contributed by atoms with Crippen LogP contribution >= 0.6 is 15.9 Å².